The normalized spacial score (nSPS) is 21.0. The van der Waals surface area contributed by atoms with Crippen LogP contribution in [0.1, 0.15) is 56.9 Å². The average molecular weight is 515 g/mol. The molecule has 0 aliphatic carbocycles. The van der Waals surface area contributed by atoms with Crippen molar-refractivity contribution in [2.24, 2.45) is 0 Å². The highest BCUT2D eigenvalue weighted by Crippen LogP contribution is 2.39. The first kappa shape index (κ1) is 25.7. The number of rotatable bonds is 4. The van der Waals surface area contributed by atoms with Crippen molar-refractivity contribution in [2.75, 3.05) is 7.11 Å². The van der Waals surface area contributed by atoms with Crippen LogP contribution < -0.4 is 10.1 Å². The van der Waals surface area contributed by atoms with E-state index >= 15 is 0 Å². The number of alkyl carbamates (subject to hydrolysis) is 1. The minimum absolute atomic E-state index is 0.0569. The molecular formula is C26H28ClFN4O4. The second kappa shape index (κ2) is 9.94. The van der Waals surface area contributed by atoms with Gasteiger partial charge in [0.05, 0.1) is 19.4 Å². The molecule has 2 amide bonds. The second-order valence-electron chi connectivity index (χ2n) is 10.1. The molecule has 190 valence electrons. The summed E-state index contributed by atoms with van der Waals surface area (Å²) >= 11 is 6.47. The van der Waals surface area contributed by atoms with E-state index in [-0.39, 0.29) is 51.9 Å². The van der Waals surface area contributed by atoms with Gasteiger partial charge in [-0.15, -0.1) is 0 Å². The lowest BCUT2D eigenvalue weighted by atomic mass is 9.97. The number of carbonyl (C=O) groups is 2. The third-order valence-corrected chi connectivity index (χ3v) is 6.76. The Morgan fingerprint density at radius 2 is 1.89 bits per heavy atom. The fraction of sp³-hybridized carbons (Fsp3) is 0.462. The van der Waals surface area contributed by atoms with Gasteiger partial charge in [0.2, 0.25) is 5.69 Å². The van der Waals surface area contributed by atoms with Crippen LogP contribution >= 0.6 is 11.6 Å². The molecular weight excluding hydrogens is 487 g/mol. The minimum atomic E-state index is -0.700. The number of methoxy groups -OCH3 is 1. The summed E-state index contributed by atoms with van der Waals surface area (Å²) in [4.78, 5) is 35.3. The molecule has 10 heteroatoms. The maximum atomic E-state index is 14.3. The fourth-order valence-corrected chi connectivity index (χ4v) is 5.22. The van der Waals surface area contributed by atoms with Crippen LogP contribution in [0.4, 0.5) is 14.9 Å². The molecule has 1 aromatic carbocycles. The Balaban J connectivity index is 1.58. The highest BCUT2D eigenvalue weighted by Gasteiger charge is 2.44. The first-order valence-corrected chi connectivity index (χ1v) is 12.1. The van der Waals surface area contributed by atoms with Gasteiger partial charge in [0.25, 0.3) is 5.91 Å². The van der Waals surface area contributed by atoms with Crippen LogP contribution in [0.3, 0.4) is 0 Å². The number of pyridine rings is 1. The summed E-state index contributed by atoms with van der Waals surface area (Å²) < 4.78 is 25.1. The monoisotopic (exact) mass is 514 g/mol. The summed E-state index contributed by atoms with van der Waals surface area (Å²) in [6.07, 6.45) is 2.41. The number of aromatic nitrogens is 1. The van der Waals surface area contributed by atoms with Crippen molar-refractivity contribution in [1.29, 1.82) is 0 Å². The van der Waals surface area contributed by atoms with E-state index in [4.69, 9.17) is 27.6 Å². The first-order valence-electron chi connectivity index (χ1n) is 11.7. The number of ether oxygens (including phenoxy) is 2. The molecule has 4 rings (SSSR count). The Morgan fingerprint density at radius 1 is 1.22 bits per heavy atom. The molecule has 0 radical (unpaired) electrons. The summed E-state index contributed by atoms with van der Waals surface area (Å²) in [7, 11) is 1.43. The number of nitrogens with one attached hydrogen (secondary N) is 1. The zero-order chi connectivity index (χ0) is 26.2. The van der Waals surface area contributed by atoms with Crippen molar-refractivity contribution in [3.63, 3.8) is 0 Å². The van der Waals surface area contributed by atoms with Crippen LogP contribution in [0.2, 0.25) is 5.02 Å². The van der Waals surface area contributed by atoms with Gasteiger partial charge in [-0.3, -0.25) is 4.79 Å². The highest BCUT2D eigenvalue weighted by atomic mass is 35.5. The third kappa shape index (κ3) is 5.24. The van der Waals surface area contributed by atoms with Crippen molar-refractivity contribution in [3.8, 4) is 17.0 Å². The molecule has 8 nitrogen and oxygen atoms in total. The molecule has 0 saturated carbocycles. The number of benzene rings is 1. The first-order chi connectivity index (χ1) is 17.0. The second-order valence-corrected chi connectivity index (χ2v) is 10.4. The SMILES string of the molecule is [C-]#[N+]c1ccc(-c2nc(C(=O)N3C4CCC3CC(NC(=O)OC(C)(C)C)C4)cc(OC)c2Cl)cc1F. The number of nitrogens with zero attached hydrogens (tertiary/aromatic N) is 3. The average Bonchev–Trinajstić information content (AvgIpc) is 3.07. The molecule has 2 unspecified atom stereocenters. The lowest BCUT2D eigenvalue weighted by Gasteiger charge is -2.39. The zero-order valence-electron chi connectivity index (χ0n) is 20.6. The number of hydrogen-bond acceptors (Lipinski definition) is 5. The number of fused-ring (bicyclic) bond motifs is 2. The molecule has 2 saturated heterocycles. The number of hydrogen-bond donors (Lipinski definition) is 1. The number of halogens is 2. The molecule has 2 aliphatic heterocycles. The molecule has 1 aromatic heterocycles. The Kier molecular flexibility index (Phi) is 7.10. The quantitative estimate of drug-likeness (QED) is 0.524. The van der Waals surface area contributed by atoms with E-state index in [0.717, 1.165) is 12.8 Å². The van der Waals surface area contributed by atoms with Crippen LogP contribution in [-0.2, 0) is 4.74 Å². The summed E-state index contributed by atoms with van der Waals surface area (Å²) in [5, 5.41) is 3.08. The van der Waals surface area contributed by atoms with E-state index in [1.165, 1.54) is 31.4 Å². The summed E-state index contributed by atoms with van der Waals surface area (Å²) in [5.41, 5.74) is -0.0368. The van der Waals surface area contributed by atoms with Crippen LogP contribution in [-0.4, -0.2) is 52.7 Å². The molecule has 2 aromatic rings. The molecule has 1 N–H and O–H groups in total. The molecule has 2 bridgehead atoms. The summed E-state index contributed by atoms with van der Waals surface area (Å²) in [6, 6.07) is 5.34. The molecule has 36 heavy (non-hydrogen) atoms. The van der Waals surface area contributed by atoms with E-state index < -0.39 is 17.5 Å². The maximum absolute atomic E-state index is 14.3. The van der Waals surface area contributed by atoms with E-state index in [1.54, 1.807) is 0 Å². The van der Waals surface area contributed by atoms with Crippen molar-refractivity contribution < 1.29 is 23.5 Å². The fourth-order valence-electron chi connectivity index (χ4n) is 4.93. The maximum Gasteiger partial charge on any atom is 0.407 e. The number of piperidine rings is 1. The molecule has 3 heterocycles. The van der Waals surface area contributed by atoms with Gasteiger partial charge < -0.3 is 19.7 Å². The standard InChI is InChI=1S/C26H28ClFN4O4/c1-26(2,3)36-25(34)30-15-11-16-7-8-17(12-15)32(16)24(33)20-13-21(35-5)22(27)23(31-20)14-6-9-19(29-4)18(28)10-14/h6,9-10,13,15-17H,7-8,11-12H2,1-3,5H3,(H,30,34). The van der Waals surface area contributed by atoms with Crippen LogP contribution in [0.25, 0.3) is 16.1 Å². The smallest absolute Gasteiger partial charge is 0.407 e. The van der Waals surface area contributed by atoms with Crippen molar-refractivity contribution in [1.82, 2.24) is 15.2 Å². The van der Waals surface area contributed by atoms with Gasteiger partial charge in [-0.1, -0.05) is 23.7 Å². The molecule has 0 spiro atoms. The van der Waals surface area contributed by atoms with E-state index in [1.807, 2.05) is 25.7 Å². The Bertz CT molecular complexity index is 1230. The Labute approximate surface area is 214 Å². The van der Waals surface area contributed by atoms with Crippen LogP contribution in [0, 0.1) is 12.4 Å². The van der Waals surface area contributed by atoms with Gasteiger partial charge in [0.15, 0.2) is 0 Å². The van der Waals surface area contributed by atoms with Crippen molar-refractivity contribution >= 4 is 29.3 Å². The van der Waals surface area contributed by atoms with E-state index in [0.29, 0.717) is 18.4 Å². The number of carbonyl (C=O) groups excluding carboxylic acids is 2. The van der Waals surface area contributed by atoms with Gasteiger partial charge in [-0.05, 0) is 52.5 Å². The minimum Gasteiger partial charge on any atom is -0.495 e. The van der Waals surface area contributed by atoms with Crippen LogP contribution in [0.5, 0.6) is 5.75 Å². The number of amides is 2. The topological polar surface area (TPSA) is 85.1 Å². The van der Waals surface area contributed by atoms with Crippen molar-refractivity contribution in [3.05, 3.63) is 52.2 Å². The molecule has 2 fully saturated rings. The highest BCUT2D eigenvalue weighted by molar-refractivity contribution is 6.34. The molecule has 2 atom stereocenters. The van der Waals surface area contributed by atoms with Gasteiger partial charge in [0, 0.05) is 29.8 Å². The molecule has 2 aliphatic rings. The van der Waals surface area contributed by atoms with Crippen LogP contribution in [0.15, 0.2) is 24.3 Å². The van der Waals surface area contributed by atoms with Crippen molar-refractivity contribution in [2.45, 2.75) is 70.2 Å². The largest absolute Gasteiger partial charge is 0.495 e. The van der Waals surface area contributed by atoms with Gasteiger partial charge in [-0.25, -0.2) is 19.0 Å². The van der Waals surface area contributed by atoms with Gasteiger partial charge in [-0.2, -0.15) is 0 Å². The van der Waals surface area contributed by atoms with E-state index in [9.17, 15) is 14.0 Å². The summed E-state index contributed by atoms with van der Waals surface area (Å²) in [6.45, 7) is 12.5. The predicted octanol–water partition coefficient (Wildman–Crippen LogP) is 5.76. The lowest BCUT2D eigenvalue weighted by Crippen LogP contribution is -2.53. The zero-order valence-corrected chi connectivity index (χ0v) is 21.4. The Hall–Kier alpha value is -3.38. The van der Waals surface area contributed by atoms with E-state index in [2.05, 4.69) is 15.1 Å². The van der Waals surface area contributed by atoms with Gasteiger partial charge >= 0.3 is 6.09 Å². The van der Waals surface area contributed by atoms with Gasteiger partial charge in [0.1, 0.15) is 27.9 Å². The Morgan fingerprint density at radius 3 is 2.44 bits per heavy atom. The lowest BCUT2D eigenvalue weighted by molar-refractivity contribution is 0.0416. The third-order valence-electron chi connectivity index (χ3n) is 6.39. The predicted molar refractivity (Wildman–Crippen MR) is 133 cm³/mol. The summed E-state index contributed by atoms with van der Waals surface area (Å²) in [5.74, 6) is -0.727.